The molecule has 0 saturated heterocycles. The fourth-order valence-corrected chi connectivity index (χ4v) is 3.29. The minimum atomic E-state index is -0.138. The van der Waals surface area contributed by atoms with Crippen LogP contribution in [0.4, 0.5) is 0 Å². The van der Waals surface area contributed by atoms with Crippen LogP contribution in [0.15, 0.2) is 6.07 Å². The lowest BCUT2D eigenvalue weighted by Crippen LogP contribution is -2.41. The molecule has 1 atom stereocenters. The molecule has 2 aromatic heterocycles. The van der Waals surface area contributed by atoms with E-state index in [4.69, 9.17) is 0 Å². The zero-order valence-corrected chi connectivity index (χ0v) is 15.1. The maximum absolute atomic E-state index is 12.6. The van der Waals surface area contributed by atoms with E-state index < -0.39 is 0 Å². The lowest BCUT2D eigenvalue weighted by molar-refractivity contribution is 0.0920. The number of aromatic nitrogens is 5. The molecule has 0 radical (unpaired) electrons. The van der Waals surface area contributed by atoms with Crippen LogP contribution in [0.2, 0.25) is 0 Å². The van der Waals surface area contributed by atoms with Crippen molar-refractivity contribution in [1.29, 1.82) is 0 Å². The van der Waals surface area contributed by atoms with Gasteiger partial charge in [0.1, 0.15) is 17.3 Å². The van der Waals surface area contributed by atoms with Gasteiger partial charge in [0.25, 0.3) is 5.91 Å². The van der Waals surface area contributed by atoms with Gasteiger partial charge in [-0.15, -0.1) is 10.2 Å². The first kappa shape index (κ1) is 16.7. The zero-order chi connectivity index (χ0) is 17.5. The van der Waals surface area contributed by atoms with Crippen LogP contribution in [0.3, 0.4) is 0 Å². The average molecular weight is 330 g/mol. The van der Waals surface area contributed by atoms with Crippen molar-refractivity contribution in [3.8, 4) is 0 Å². The fraction of sp³-hybridized carbons (Fsp3) is 0.647. The first-order valence-electron chi connectivity index (χ1n) is 8.58. The summed E-state index contributed by atoms with van der Waals surface area (Å²) in [6.45, 7) is 11.0. The number of nitrogens with one attached hydrogen (secondary N) is 1. The van der Waals surface area contributed by atoms with Crippen molar-refractivity contribution in [2.45, 2.75) is 72.0 Å². The van der Waals surface area contributed by atoms with Gasteiger partial charge < -0.3 is 9.88 Å². The Balaban J connectivity index is 1.72. The highest BCUT2D eigenvalue weighted by molar-refractivity contribution is 5.92. The molecule has 0 fully saturated rings. The van der Waals surface area contributed by atoms with E-state index in [1.165, 1.54) is 0 Å². The summed E-state index contributed by atoms with van der Waals surface area (Å²) in [4.78, 5) is 12.6. The van der Waals surface area contributed by atoms with Gasteiger partial charge in [-0.25, -0.2) is 0 Å². The van der Waals surface area contributed by atoms with Crippen LogP contribution < -0.4 is 5.32 Å². The minimum Gasteiger partial charge on any atom is -0.346 e. The van der Waals surface area contributed by atoms with Crippen molar-refractivity contribution in [2.75, 3.05) is 0 Å². The smallest absolute Gasteiger partial charge is 0.272 e. The number of fused-ring (bicyclic) bond motifs is 1. The van der Waals surface area contributed by atoms with E-state index in [1.807, 2.05) is 17.7 Å². The number of carbonyl (C=O) groups excluding carboxylic acids is 1. The Hall–Kier alpha value is -2.18. The summed E-state index contributed by atoms with van der Waals surface area (Å²) in [6, 6.07) is 1.94. The second-order valence-electron chi connectivity index (χ2n) is 7.46. The number of carbonyl (C=O) groups is 1. The first-order chi connectivity index (χ1) is 11.3. The molecule has 3 heterocycles. The van der Waals surface area contributed by atoms with Crippen molar-refractivity contribution in [3.63, 3.8) is 0 Å². The predicted molar refractivity (Wildman–Crippen MR) is 90.9 cm³/mol. The molecule has 24 heavy (non-hydrogen) atoms. The maximum atomic E-state index is 12.6. The third-order valence-corrected chi connectivity index (χ3v) is 4.43. The number of rotatable bonds is 3. The molecule has 7 nitrogen and oxygen atoms in total. The largest absolute Gasteiger partial charge is 0.346 e. The SMILES string of the molecule is CCc1nnc2n1C[C@@H](NC(=O)c1cc(C)n(C(C)(C)C)n1)CC2. The number of amides is 1. The van der Waals surface area contributed by atoms with Gasteiger partial charge in [0.05, 0.1) is 5.54 Å². The molecule has 0 spiro atoms. The van der Waals surface area contributed by atoms with Crippen LogP contribution in [0.1, 0.15) is 61.9 Å². The van der Waals surface area contributed by atoms with Crippen LogP contribution >= 0.6 is 0 Å². The van der Waals surface area contributed by atoms with E-state index in [0.29, 0.717) is 5.69 Å². The summed E-state index contributed by atoms with van der Waals surface area (Å²) in [6.07, 6.45) is 2.57. The molecule has 1 N–H and O–H groups in total. The third-order valence-electron chi connectivity index (χ3n) is 4.43. The van der Waals surface area contributed by atoms with Crippen LogP contribution in [-0.4, -0.2) is 36.5 Å². The Labute approximate surface area is 142 Å². The van der Waals surface area contributed by atoms with Gasteiger partial charge in [-0.05, 0) is 40.2 Å². The van der Waals surface area contributed by atoms with Crippen LogP contribution in [0.25, 0.3) is 0 Å². The molecule has 1 aliphatic heterocycles. The summed E-state index contributed by atoms with van der Waals surface area (Å²) in [7, 11) is 0. The third kappa shape index (κ3) is 3.07. The molecule has 1 amide bonds. The topological polar surface area (TPSA) is 77.6 Å². The van der Waals surface area contributed by atoms with Gasteiger partial charge in [-0.1, -0.05) is 6.92 Å². The molecule has 3 rings (SSSR count). The van der Waals surface area contributed by atoms with E-state index in [1.54, 1.807) is 0 Å². The molecule has 0 bridgehead atoms. The van der Waals surface area contributed by atoms with Crippen molar-refractivity contribution < 1.29 is 4.79 Å². The highest BCUT2D eigenvalue weighted by Crippen LogP contribution is 2.18. The molecule has 130 valence electrons. The van der Waals surface area contributed by atoms with Crippen LogP contribution in [0, 0.1) is 6.92 Å². The molecule has 0 unspecified atom stereocenters. The maximum Gasteiger partial charge on any atom is 0.272 e. The molecule has 0 aliphatic carbocycles. The molecule has 7 heteroatoms. The van der Waals surface area contributed by atoms with Crippen molar-refractivity contribution in [1.82, 2.24) is 29.9 Å². The van der Waals surface area contributed by atoms with Crippen molar-refractivity contribution in [2.24, 2.45) is 0 Å². The number of hydrogen-bond acceptors (Lipinski definition) is 4. The Morgan fingerprint density at radius 3 is 2.75 bits per heavy atom. The van der Waals surface area contributed by atoms with Crippen molar-refractivity contribution >= 4 is 5.91 Å². The quantitative estimate of drug-likeness (QED) is 0.931. The van der Waals surface area contributed by atoms with Gasteiger partial charge in [-0.2, -0.15) is 5.10 Å². The Morgan fingerprint density at radius 2 is 2.12 bits per heavy atom. The molecule has 0 saturated carbocycles. The van der Waals surface area contributed by atoms with E-state index in [-0.39, 0.29) is 17.5 Å². The summed E-state index contributed by atoms with van der Waals surface area (Å²) < 4.78 is 4.03. The summed E-state index contributed by atoms with van der Waals surface area (Å²) in [5, 5.41) is 16.0. The standard InChI is InChI=1S/C17H26N6O/c1-6-14-19-20-15-8-7-12(10-22(14)15)18-16(24)13-9-11(2)23(21-13)17(3,4)5/h9,12H,6-8,10H2,1-5H3,(H,18,24)/t12-/m0/s1. The van der Waals surface area contributed by atoms with Gasteiger partial charge in [0.2, 0.25) is 0 Å². The molecular formula is C17H26N6O. The Kier molecular flexibility index (Phi) is 4.19. The number of nitrogens with zero attached hydrogens (tertiary/aromatic N) is 5. The highest BCUT2D eigenvalue weighted by Gasteiger charge is 2.26. The lowest BCUT2D eigenvalue weighted by atomic mass is 10.1. The second kappa shape index (κ2) is 6.03. The normalized spacial score (nSPS) is 17.6. The Bertz CT molecular complexity index is 738. The molecular weight excluding hydrogens is 304 g/mol. The average Bonchev–Trinajstić information content (AvgIpc) is 3.09. The fourth-order valence-electron chi connectivity index (χ4n) is 3.29. The van der Waals surface area contributed by atoms with Crippen LogP contribution in [-0.2, 0) is 24.9 Å². The van der Waals surface area contributed by atoms with E-state index in [2.05, 4.69) is 52.9 Å². The highest BCUT2D eigenvalue weighted by atomic mass is 16.2. The number of hydrogen-bond donors (Lipinski definition) is 1. The molecule has 2 aromatic rings. The molecule has 1 aliphatic rings. The van der Waals surface area contributed by atoms with Crippen molar-refractivity contribution in [3.05, 3.63) is 29.1 Å². The van der Waals surface area contributed by atoms with E-state index in [9.17, 15) is 4.79 Å². The summed E-state index contributed by atoms with van der Waals surface area (Å²) >= 11 is 0. The number of aryl methyl sites for hydroxylation is 3. The second-order valence-corrected chi connectivity index (χ2v) is 7.46. The molecule has 0 aromatic carbocycles. The zero-order valence-electron chi connectivity index (χ0n) is 15.1. The van der Waals surface area contributed by atoms with E-state index in [0.717, 1.165) is 43.1 Å². The minimum absolute atomic E-state index is 0.0893. The van der Waals surface area contributed by atoms with Crippen LogP contribution in [0.5, 0.6) is 0 Å². The first-order valence-corrected chi connectivity index (χ1v) is 8.58. The Morgan fingerprint density at radius 1 is 1.38 bits per heavy atom. The van der Waals surface area contributed by atoms with Gasteiger partial charge >= 0.3 is 0 Å². The predicted octanol–water partition coefficient (Wildman–Crippen LogP) is 1.85. The van der Waals surface area contributed by atoms with Gasteiger partial charge in [0.15, 0.2) is 0 Å². The monoisotopic (exact) mass is 330 g/mol. The van der Waals surface area contributed by atoms with Gasteiger partial charge in [-0.3, -0.25) is 9.48 Å². The summed E-state index contributed by atoms with van der Waals surface area (Å²) in [5.74, 6) is 1.89. The van der Waals surface area contributed by atoms with E-state index >= 15 is 0 Å². The lowest BCUT2D eigenvalue weighted by Gasteiger charge is -2.25. The van der Waals surface area contributed by atoms with Gasteiger partial charge in [0, 0.05) is 31.1 Å². The summed E-state index contributed by atoms with van der Waals surface area (Å²) in [5.41, 5.74) is 1.33.